The monoisotopic (exact) mass is 246 g/mol. The molecule has 1 rings (SSSR count). The van der Waals surface area contributed by atoms with Crippen LogP contribution in [0.25, 0.3) is 0 Å². The molecule has 0 aliphatic heterocycles. The molecule has 2 unspecified atom stereocenters. The molecule has 0 aromatic carbocycles. The number of aliphatic hydroxyl groups excluding tert-OH is 2. The number of carbonyl (C=O) groups is 1. The van der Waals surface area contributed by atoms with E-state index in [1.54, 1.807) is 6.92 Å². The lowest BCUT2D eigenvalue weighted by atomic mass is 9.85. The molecule has 1 saturated carbocycles. The van der Waals surface area contributed by atoms with Crippen molar-refractivity contribution in [2.75, 3.05) is 0 Å². The average molecular weight is 246 g/mol. The Labute approximate surface area is 104 Å². The van der Waals surface area contributed by atoms with E-state index in [4.69, 9.17) is 15.0 Å². The number of aliphatic carboxylic acids is 1. The molecule has 0 saturated heterocycles. The second kappa shape index (κ2) is 9.42. The standard InChI is InChI=1S/C11H22O2.C2H4O2/c1-9(12)11(13)8-7-10-5-3-2-4-6-10;1-2(3)4/h9-13H,2-8H2,1H3;1H3,(H,3,4). The van der Waals surface area contributed by atoms with Gasteiger partial charge in [-0.1, -0.05) is 32.1 Å². The third kappa shape index (κ3) is 10.3. The van der Waals surface area contributed by atoms with Crippen molar-refractivity contribution in [2.45, 2.75) is 71.0 Å². The lowest BCUT2D eigenvalue weighted by Crippen LogP contribution is -2.23. The van der Waals surface area contributed by atoms with Gasteiger partial charge < -0.3 is 15.3 Å². The summed E-state index contributed by atoms with van der Waals surface area (Å²) in [4.78, 5) is 9.00. The SMILES string of the molecule is CC(=O)O.CC(O)C(O)CCC1CCCCC1. The van der Waals surface area contributed by atoms with Gasteiger partial charge in [0.1, 0.15) is 0 Å². The summed E-state index contributed by atoms with van der Waals surface area (Å²) in [5, 5.41) is 25.9. The Morgan fingerprint density at radius 2 is 1.71 bits per heavy atom. The molecular formula is C13H26O4. The van der Waals surface area contributed by atoms with E-state index in [-0.39, 0.29) is 0 Å². The Hall–Kier alpha value is -0.610. The van der Waals surface area contributed by atoms with Gasteiger partial charge in [-0.3, -0.25) is 4.79 Å². The topological polar surface area (TPSA) is 77.8 Å². The minimum atomic E-state index is -0.833. The molecule has 2 atom stereocenters. The van der Waals surface area contributed by atoms with Crippen molar-refractivity contribution in [1.29, 1.82) is 0 Å². The second-order valence-electron chi connectivity index (χ2n) is 4.91. The molecule has 3 N–H and O–H groups in total. The quantitative estimate of drug-likeness (QED) is 0.710. The van der Waals surface area contributed by atoms with Crippen LogP contribution in [0.3, 0.4) is 0 Å². The van der Waals surface area contributed by atoms with Gasteiger partial charge in [0.05, 0.1) is 12.2 Å². The van der Waals surface area contributed by atoms with E-state index in [0.29, 0.717) is 0 Å². The maximum atomic E-state index is 9.41. The fourth-order valence-electron chi connectivity index (χ4n) is 2.12. The van der Waals surface area contributed by atoms with Crippen LogP contribution in [0.1, 0.15) is 58.8 Å². The lowest BCUT2D eigenvalue weighted by Gasteiger charge is -2.23. The van der Waals surface area contributed by atoms with Crippen LogP contribution >= 0.6 is 0 Å². The van der Waals surface area contributed by atoms with Gasteiger partial charge in [0.15, 0.2) is 0 Å². The van der Waals surface area contributed by atoms with Gasteiger partial charge in [0, 0.05) is 6.92 Å². The van der Waals surface area contributed by atoms with Crippen LogP contribution in [0.4, 0.5) is 0 Å². The summed E-state index contributed by atoms with van der Waals surface area (Å²) in [7, 11) is 0. The van der Waals surface area contributed by atoms with Crippen LogP contribution in [0.15, 0.2) is 0 Å². The number of aliphatic hydroxyl groups is 2. The first kappa shape index (κ1) is 16.4. The smallest absolute Gasteiger partial charge is 0.300 e. The zero-order valence-corrected chi connectivity index (χ0v) is 10.9. The maximum absolute atomic E-state index is 9.41. The second-order valence-corrected chi connectivity index (χ2v) is 4.91. The highest BCUT2D eigenvalue weighted by Crippen LogP contribution is 2.27. The maximum Gasteiger partial charge on any atom is 0.300 e. The molecule has 0 amide bonds. The van der Waals surface area contributed by atoms with E-state index >= 15 is 0 Å². The van der Waals surface area contributed by atoms with Crippen LogP contribution in [0.5, 0.6) is 0 Å². The van der Waals surface area contributed by atoms with Crippen LogP contribution in [-0.4, -0.2) is 33.5 Å². The summed E-state index contributed by atoms with van der Waals surface area (Å²) in [5.74, 6) is -0.0258. The molecule has 0 radical (unpaired) electrons. The van der Waals surface area contributed by atoms with E-state index in [1.165, 1.54) is 32.1 Å². The Balaban J connectivity index is 0.000000557. The van der Waals surface area contributed by atoms with Gasteiger partial charge >= 0.3 is 0 Å². The van der Waals surface area contributed by atoms with Gasteiger partial charge in [0.25, 0.3) is 5.97 Å². The Morgan fingerprint density at radius 3 is 2.12 bits per heavy atom. The van der Waals surface area contributed by atoms with E-state index in [2.05, 4.69) is 0 Å². The van der Waals surface area contributed by atoms with Crippen molar-refractivity contribution >= 4 is 5.97 Å². The molecule has 1 aliphatic carbocycles. The van der Waals surface area contributed by atoms with Crippen molar-refractivity contribution in [3.8, 4) is 0 Å². The summed E-state index contributed by atoms with van der Waals surface area (Å²) >= 11 is 0. The van der Waals surface area contributed by atoms with Gasteiger partial charge in [-0.2, -0.15) is 0 Å². The molecular weight excluding hydrogens is 220 g/mol. The van der Waals surface area contributed by atoms with Crippen LogP contribution in [-0.2, 0) is 4.79 Å². The van der Waals surface area contributed by atoms with Gasteiger partial charge in [-0.05, 0) is 25.7 Å². The zero-order valence-electron chi connectivity index (χ0n) is 10.9. The van der Waals surface area contributed by atoms with Crippen molar-refractivity contribution in [3.63, 3.8) is 0 Å². The van der Waals surface area contributed by atoms with E-state index in [1.807, 2.05) is 0 Å². The van der Waals surface area contributed by atoms with Gasteiger partial charge in [-0.25, -0.2) is 0 Å². The van der Waals surface area contributed by atoms with E-state index in [0.717, 1.165) is 25.7 Å². The molecule has 1 aliphatic rings. The predicted octanol–water partition coefficient (Wildman–Crippen LogP) is 2.18. The van der Waals surface area contributed by atoms with E-state index < -0.39 is 18.2 Å². The summed E-state index contributed by atoms with van der Waals surface area (Å²) in [6.07, 6.45) is 7.53. The molecule has 1 fully saturated rings. The first-order valence-corrected chi connectivity index (χ1v) is 6.49. The Morgan fingerprint density at radius 1 is 1.24 bits per heavy atom. The molecule has 102 valence electrons. The molecule has 0 aromatic rings. The number of carboxylic acid groups (broad SMARTS) is 1. The van der Waals surface area contributed by atoms with Gasteiger partial charge in [0.2, 0.25) is 0 Å². The molecule has 0 heterocycles. The third-order valence-corrected chi connectivity index (χ3v) is 3.15. The Bertz CT molecular complexity index is 194. The third-order valence-electron chi connectivity index (χ3n) is 3.15. The lowest BCUT2D eigenvalue weighted by molar-refractivity contribution is -0.134. The summed E-state index contributed by atoms with van der Waals surface area (Å²) < 4.78 is 0. The number of hydrogen-bond acceptors (Lipinski definition) is 3. The molecule has 17 heavy (non-hydrogen) atoms. The predicted molar refractivity (Wildman–Crippen MR) is 66.8 cm³/mol. The number of rotatable bonds is 4. The number of carboxylic acids is 1. The van der Waals surface area contributed by atoms with Crippen LogP contribution in [0, 0.1) is 5.92 Å². The van der Waals surface area contributed by atoms with Crippen molar-refractivity contribution in [3.05, 3.63) is 0 Å². The summed E-state index contributed by atoms with van der Waals surface area (Å²) in [5.41, 5.74) is 0. The van der Waals surface area contributed by atoms with Crippen molar-refractivity contribution in [1.82, 2.24) is 0 Å². The van der Waals surface area contributed by atoms with E-state index in [9.17, 15) is 5.11 Å². The molecule has 0 bridgehead atoms. The Kier molecular flexibility index (Phi) is 9.09. The summed E-state index contributed by atoms with van der Waals surface area (Å²) in [6, 6.07) is 0. The molecule has 0 aromatic heterocycles. The van der Waals surface area contributed by atoms with Crippen LogP contribution in [0.2, 0.25) is 0 Å². The number of hydrogen-bond donors (Lipinski definition) is 3. The molecule has 4 heteroatoms. The van der Waals surface area contributed by atoms with Crippen molar-refractivity contribution in [2.24, 2.45) is 5.92 Å². The largest absolute Gasteiger partial charge is 0.481 e. The fourth-order valence-corrected chi connectivity index (χ4v) is 2.12. The normalized spacial score (nSPS) is 20.0. The van der Waals surface area contributed by atoms with Crippen molar-refractivity contribution < 1.29 is 20.1 Å². The first-order chi connectivity index (χ1) is 7.93. The minimum absolute atomic E-state index is 0.512. The highest BCUT2D eigenvalue weighted by Gasteiger charge is 2.16. The fraction of sp³-hybridized carbons (Fsp3) is 0.923. The minimum Gasteiger partial charge on any atom is -0.481 e. The molecule has 4 nitrogen and oxygen atoms in total. The van der Waals surface area contributed by atoms with Crippen LogP contribution < -0.4 is 0 Å². The zero-order chi connectivity index (χ0) is 13.3. The average Bonchev–Trinajstić information content (AvgIpc) is 2.26. The highest BCUT2D eigenvalue weighted by atomic mass is 16.4. The first-order valence-electron chi connectivity index (χ1n) is 6.49. The molecule has 0 spiro atoms. The highest BCUT2D eigenvalue weighted by molar-refractivity contribution is 5.62. The van der Waals surface area contributed by atoms with Gasteiger partial charge in [-0.15, -0.1) is 0 Å². The summed E-state index contributed by atoms with van der Waals surface area (Å²) in [6.45, 7) is 2.74.